The molecule has 0 heterocycles. The minimum Gasteiger partial charge on any atom is -0.493 e. The van der Waals surface area contributed by atoms with Gasteiger partial charge in [-0.15, -0.1) is 0 Å². The van der Waals surface area contributed by atoms with E-state index in [0.29, 0.717) is 11.5 Å². The Labute approximate surface area is 169 Å². The maximum atomic E-state index is 12.8. The van der Waals surface area contributed by atoms with Crippen molar-refractivity contribution in [1.82, 2.24) is 0 Å². The Morgan fingerprint density at radius 1 is 0.862 bits per heavy atom. The molecule has 0 atom stereocenters. The zero-order chi connectivity index (χ0) is 20.8. The lowest BCUT2D eigenvalue weighted by molar-refractivity contribution is 0.234. The maximum absolute atomic E-state index is 12.8. The van der Waals surface area contributed by atoms with E-state index in [1.807, 2.05) is 18.2 Å². The molecule has 154 valence electrons. The number of methoxy groups -OCH3 is 2. The predicted octanol–water partition coefficient (Wildman–Crippen LogP) is 5.18. The highest BCUT2D eigenvalue weighted by atomic mass is 32.2. The van der Waals surface area contributed by atoms with Crippen LogP contribution in [0.2, 0.25) is 0 Å². The molecule has 4 rings (SSSR count). The molecule has 2 aromatic rings. The van der Waals surface area contributed by atoms with Crippen molar-refractivity contribution in [2.75, 3.05) is 14.2 Å². The van der Waals surface area contributed by atoms with Gasteiger partial charge in [0, 0.05) is 0 Å². The summed E-state index contributed by atoms with van der Waals surface area (Å²) in [6, 6.07) is 11.6. The molecule has 0 aromatic heterocycles. The molecule has 0 N–H and O–H groups in total. The van der Waals surface area contributed by atoms with Gasteiger partial charge in [0.25, 0.3) is 0 Å². The Morgan fingerprint density at radius 2 is 1.41 bits per heavy atom. The standard InChI is InChI=1S/C22H22F2O4S/c1-27-19-8-5-15(11-20(19)28-2)18-13-22(9-10-22)12-17(18)14-3-6-16(7-4-14)29(25,26)21(23)24/h3-8,11,21H,9-10,12-13H2,1-2H3. The average molecular weight is 420 g/mol. The van der Waals surface area contributed by atoms with Gasteiger partial charge in [0.15, 0.2) is 11.5 Å². The first-order chi connectivity index (χ1) is 13.8. The smallest absolute Gasteiger partial charge is 0.341 e. The number of alkyl halides is 2. The normalized spacial score (nSPS) is 17.8. The molecule has 0 aliphatic heterocycles. The fourth-order valence-corrected chi connectivity index (χ4v) is 4.80. The van der Waals surface area contributed by atoms with Crippen molar-refractivity contribution in [3.05, 3.63) is 53.6 Å². The first-order valence-corrected chi connectivity index (χ1v) is 10.9. The Balaban J connectivity index is 1.76. The predicted molar refractivity (Wildman–Crippen MR) is 107 cm³/mol. The molecule has 0 amide bonds. The van der Waals surface area contributed by atoms with E-state index in [4.69, 9.17) is 9.47 Å². The minimum atomic E-state index is -4.59. The van der Waals surface area contributed by atoms with Crippen LogP contribution in [-0.2, 0) is 9.84 Å². The van der Waals surface area contributed by atoms with Gasteiger partial charge in [-0.25, -0.2) is 8.42 Å². The molecule has 7 heteroatoms. The van der Waals surface area contributed by atoms with E-state index in [9.17, 15) is 17.2 Å². The van der Waals surface area contributed by atoms with Gasteiger partial charge in [0.05, 0.1) is 19.1 Å². The van der Waals surface area contributed by atoms with Gasteiger partial charge in [0.1, 0.15) is 0 Å². The Kier molecular flexibility index (Phi) is 4.89. The van der Waals surface area contributed by atoms with Gasteiger partial charge in [-0.05, 0) is 77.6 Å². The lowest BCUT2D eigenvalue weighted by Crippen LogP contribution is -2.11. The fraction of sp³-hybridized carbons (Fsp3) is 0.364. The van der Waals surface area contributed by atoms with Crippen LogP contribution >= 0.6 is 0 Å². The van der Waals surface area contributed by atoms with Crippen LogP contribution in [0.4, 0.5) is 8.78 Å². The molecule has 1 saturated carbocycles. The second-order valence-electron chi connectivity index (χ2n) is 7.71. The summed E-state index contributed by atoms with van der Waals surface area (Å²) in [5.41, 5.74) is 4.49. The Hall–Kier alpha value is -2.41. The summed E-state index contributed by atoms with van der Waals surface area (Å²) in [5.74, 6) is -2.12. The molecular formula is C22H22F2O4S. The van der Waals surface area contributed by atoms with Gasteiger partial charge < -0.3 is 9.47 Å². The molecule has 0 bridgehead atoms. The van der Waals surface area contributed by atoms with E-state index in [-0.39, 0.29) is 10.3 Å². The number of hydrogen-bond donors (Lipinski definition) is 0. The summed E-state index contributed by atoms with van der Waals surface area (Å²) in [5, 5.41) is 0. The summed E-state index contributed by atoms with van der Waals surface area (Å²) in [4.78, 5) is -0.358. The highest BCUT2D eigenvalue weighted by Gasteiger charge is 2.48. The number of sulfone groups is 1. The third-order valence-electron chi connectivity index (χ3n) is 5.92. The van der Waals surface area contributed by atoms with E-state index in [1.54, 1.807) is 26.4 Å². The topological polar surface area (TPSA) is 52.6 Å². The zero-order valence-electron chi connectivity index (χ0n) is 16.2. The van der Waals surface area contributed by atoms with Crippen LogP contribution in [0.25, 0.3) is 11.1 Å². The Bertz CT molecular complexity index is 1070. The monoisotopic (exact) mass is 420 g/mol. The van der Waals surface area contributed by atoms with Gasteiger partial charge in [-0.3, -0.25) is 0 Å². The van der Waals surface area contributed by atoms with Gasteiger partial charge in [-0.2, -0.15) is 8.78 Å². The lowest BCUT2D eigenvalue weighted by atomic mass is 9.97. The van der Waals surface area contributed by atoms with Crippen LogP contribution in [0, 0.1) is 5.41 Å². The van der Waals surface area contributed by atoms with Crippen LogP contribution in [-0.4, -0.2) is 28.4 Å². The highest BCUT2D eigenvalue weighted by molar-refractivity contribution is 7.91. The van der Waals surface area contributed by atoms with Crippen LogP contribution in [0.3, 0.4) is 0 Å². The van der Waals surface area contributed by atoms with E-state index >= 15 is 0 Å². The summed E-state index contributed by atoms with van der Waals surface area (Å²) in [6.45, 7) is 0. The first-order valence-electron chi connectivity index (χ1n) is 9.37. The van der Waals surface area contributed by atoms with E-state index in [1.165, 1.54) is 17.7 Å². The van der Waals surface area contributed by atoms with Gasteiger partial charge in [0.2, 0.25) is 9.84 Å². The third-order valence-corrected chi connectivity index (χ3v) is 7.32. The molecular weight excluding hydrogens is 398 g/mol. The van der Waals surface area contributed by atoms with Crippen molar-refractivity contribution in [2.24, 2.45) is 5.41 Å². The maximum Gasteiger partial charge on any atom is 0.341 e. The molecule has 1 spiro atoms. The van der Waals surface area contributed by atoms with Crippen molar-refractivity contribution in [3.63, 3.8) is 0 Å². The quantitative estimate of drug-likeness (QED) is 0.646. The van der Waals surface area contributed by atoms with Crippen molar-refractivity contribution in [1.29, 1.82) is 0 Å². The summed E-state index contributed by atoms with van der Waals surface area (Å²) in [6.07, 6.45) is 4.16. The molecule has 2 aliphatic carbocycles. The van der Waals surface area contributed by atoms with E-state index in [0.717, 1.165) is 42.4 Å². The third kappa shape index (κ3) is 3.52. The van der Waals surface area contributed by atoms with Crippen LogP contribution < -0.4 is 9.47 Å². The molecule has 0 unspecified atom stereocenters. The fourth-order valence-electron chi connectivity index (χ4n) is 4.08. The van der Waals surface area contributed by atoms with Crippen LogP contribution in [0.1, 0.15) is 36.8 Å². The van der Waals surface area contributed by atoms with Crippen molar-refractivity contribution < 1.29 is 26.7 Å². The van der Waals surface area contributed by atoms with Crippen LogP contribution in [0.5, 0.6) is 11.5 Å². The highest BCUT2D eigenvalue weighted by Crippen LogP contribution is 2.63. The summed E-state index contributed by atoms with van der Waals surface area (Å²) >= 11 is 0. The zero-order valence-corrected chi connectivity index (χ0v) is 17.1. The van der Waals surface area contributed by atoms with Crippen molar-refractivity contribution in [3.8, 4) is 11.5 Å². The molecule has 2 aromatic carbocycles. The lowest BCUT2D eigenvalue weighted by Gasteiger charge is -2.13. The Morgan fingerprint density at radius 3 is 1.93 bits per heavy atom. The molecule has 2 aliphatic rings. The molecule has 4 nitrogen and oxygen atoms in total. The van der Waals surface area contributed by atoms with Gasteiger partial charge >= 0.3 is 5.76 Å². The molecule has 0 saturated heterocycles. The number of benzene rings is 2. The first kappa shape index (κ1) is 19.9. The largest absolute Gasteiger partial charge is 0.493 e. The van der Waals surface area contributed by atoms with E-state index in [2.05, 4.69) is 0 Å². The second-order valence-corrected chi connectivity index (χ2v) is 9.63. The number of halogens is 2. The molecule has 1 fully saturated rings. The number of rotatable bonds is 6. The minimum absolute atomic E-state index is 0.269. The second kappa shape index (κ2) is 7.13. The van der Waals surface area contributed by atoms with Crippen molar-refractivity contribution >= 4 is 21.0 Å². The number of ether oxygens (including phenoxy) is 2. The van der Waals surface area contributed by atoms with E-state index < -0.39 is 15.6 Å². The van der Waals surface area contributed by atoms with Gasteiger partial charge in [-0.1, -0.05) is 18.2 Å². The average Bonchev–Trinajstić information content (AvgIpc) is 3.37. The SMILES string of the molecule is COc1ccc(C2=C(c3ccc(S(=O)(=O)C(F)F)cc3)CC3(CC3)C2)cc1OC. The molecule has 0 radical (unpaired) electrons. The van der Waals surface area contributed by atoms with Crippen molar-refractivity contribution in [2.45, 2.75) is 36.3 Å². The number of hydrogen-bond acceptors (Lipinski definition) is 4. The van der Waals surface area contributed by atoms with Crippen LogP contribution in [0.15, 0.2) is 47.4 Å². The summed E-state index contributed by atoms with van der Waals surface area (Å²) < 4.78 is 59.8. The molecule has 29 heavy (non-hydrogen) atoms. The number of allylic oxidation sites excluding steroid dienone is 2. The summed E-state index contributed by atoms with van der Waals surface area (Å²) in [7, 11) is -1.41.